The van der Waals surface area contributed by atoms with Crippen LogP contribution in [0.1, 0.15) is 11.1 Å². The van der Waals surface area contributed by atoms with Gasteiger partial charge in [-0.15, -0.1) is 0 Å². The predicted molar refractivity (Wildman–Crippen MR) is 62.7 cm³/mol. The van der Waals surface area contributed by atoms with Crippen LogP contribution in [0.25, 0.3) is 11.8 Å². The van der Waals surface area contributed by atoms with E-state index < -0.39 is 0 Å². The normalized spacial score (nSPS) is 11.3. The van der Waals surface area contributed by atoms with Gasteiger partial charge in [0.05, 0.1) is 0 Å². The molecule has 2 aromatic rings. The molecule has 0 aliphatic carbocycles. The molecule has 0 bridgehead atoms. The van der Waals surface area contributed by atoms with Gasteiger partial charge >= 0.3 is 0 Å². The van der Waals surface area contributed by atoms with Gasteiger partial charge in [0.2, 0.25) is 0 Å². The van der Waals surface area contributed by atoms with Gasteiger partial charge in [-0.25, -0.2) is 0 Å². The van der Waals surface area contributed by atoms with E-state index in [-0.39, 0.29) is 0 Å². The van der Waals surface area contributed by atoms with Crippen LogP contribution in [0.4, 0.5) is 0 Å². The number of hydrogen-bond acceptors (Lipinski definition) is 2. The molecule has 2 nitrogen and oxygen atoms in total. The van der Waals surface area contributed by atoms with Gasteiger partial charge in [-0.1, -0.05) is 30.3 Å². The van der Waals surface area contributed by atoms with Gasteiger partial charge in [0.25, 0.3) is 0 Å². The van der Waals surface area contributed by atoms with Gasteiger partial charge in [0.1, 0.15) is 0 Å². The number of benzene rings is 1. The van der Waals surface area contributed by atoms with E-state index in [0.717, 1.165) is 16.8 Å². The Kier molecular flexibility index (Phi) is 2.79. The summed E-state index contributed by atoms with van der Waals surface area (Å²) in [7, 11) is 0. The highest BCUT2D eigenvalue weighted by Crippen LogP contribution is 2.11. The second kappa shape index (κ2) is 4.42. The van der Waals surface area contributed by atoms with Crippen LogP contribution in [-0.4, -0.2) is 4.98 Å². The maximum atomic E-state index is 5.96. The summed E-state index contributed by atoms with van der Waals surface area (Å²) in [4.78, 5) is 3.95. The number of pyridine rings is 1. The average molecular weight is 196 g/mol. The van der Waals surface area contributed by atoms with E-state index in [1.165, 1.54) is 0 Å². The molecule has 1 aromatic carbocycles. The van der Waals surface area contributed by atoms with Crippen molar-refractivity contribution in [2.75, 3.05) is 0 Å². The summed E-state index contributed by atoms with van der Waals surface area (Å²) in [5.74, 6) is 0. The van der Waals surface area contributed by atoms with E-state index in [1.807, 2.05) is 48.5 Å². The first kappa shape index (κ1) is 9.46. The molecule has 0 aliphatic heterocycles. The molecule has 0 saturated carbocycles. The topological polar surface area (TPSA) is 38.9 Å². The van der Waals surface area contributed by atoms with Crippen molar-refractivity contribution in [1.82, 2.24) is 4.98 Å². The summed E-state index contributed by atoms with van der Waals surface area (Å²) >= 11 is 0. The summed E-state index contributed by atoms with van der Waals surface area (Å²) in [5.41, 5.74) is 8.81. The molecular formula is C13H12N2. The van der Waals surface area contributed by atoms with Crippen molar-refractivity contribution in [3.63, 3.8) is 0 Å². The highest BCUT2D eigenvalue weighted by molar-refractivity contribution is 5.79. The predicted octanol–water partition coefficient (Wildman–Crippen LogP) is 2.54. The van der Waals surface area contributed by atoms with E-state index in [9.17, 15) is 0 Å². The molecule has 74 valence electrons. The van der Waals surface area contributed by atoms with E-state index in [0.29, 0.717) is 0 Å². The Morgan fingerprint density at radius 2 is 1.67 bits per heavy atom. The Hall–Kier alpha value is -2.09. The number of rotatable bonds is 2. The minimum absolute atomic E-state index is 0.753. The summed E-state index contributed by atoms with van der Waals surface area (Å²) in [5, 5.41) is 0. The van der Waals surface area contributed by atoms with E-state index in [2.05, 4.69) is 4.98 Å². The number of nitrogens with zero attached hydrogens (tertiary/aromatic N) is 1. The van der Waals surface area contributed by atoms with Crippen LogP contribution in [0.15, 0.2) is 54.9 Å². The summed E-state index contributed by atoms with van der Waals surface area (Å²) in [6.45, 7) is 0. The molecule has 1 heterocycles. The smallest absolute Gasteiger partial charge is 0.0394 e. The molecule has 0 amide bonds. The lowest BCUT2D eigenvalue weighted by Gasteiger charge is -2.00. The minimum Gasteiger partial charge on any atom is -0.398 e. The number of aromatic nitrogens is 1. The van der Waals surface area contributed by atoms with E-state index in [1.54, 1.807) is 12.4 Å². The highest BCUT2D eigenvalue weighted by atomic mass is 14.6. The molecule has 2 heteroatoms. The first-order valence-corrected chi connectivity index (χ1v) is 4.79. The summed E-state index contributed by atoms with van der Waals surface area (Å²) in [6, 6.07) is 13.8. The zero-order valence-corrected chi connectivity index (χ0v) is 8.30. The van der Waals surface area contributed by atoms with Crippen molar-refractivity contribution in [3.8, 4) is 0 Å². The van der Waals surface area contributed by atoms with Crippen molar-refractivity contribution >= 4 is 11.8 Å². The first-order valence-electron chi connectivity index (χ1n) is 4.79. The van der Waals surface area contributed by atoms with E-state index in [4.69, 9.17) is 5.73 Å². The van der Waals surface area contributed by atoms with Crippen LogP contribution in [-0.2, 0) is 0 Å². The van der Waals surface area contributed by atoms with Crippen molar-refractivity contribution in [1.29, 1.82) is 0 Å². The van der Waals surface area contributed by atoms with Crippen LogP contribution < -0.4 is 5.73 Å². The Morgan fingerprint density at radius 1 is 1.00 bits per heavy atom. The molecule has 15 heavy (non-hydrogen) atoms. The SMILES string of the molecule is N/C(=C\c1ccccc1)c1ccncc1. The van der Waals surface area contributed by atoms with Crippen LogP contribution >= 0.6 is 0 Å². The van der Waals surface area contributed by atoms with Gasteiger partial charge < -0.3 is 5.73 Å². The molecule has 0 unspecified atom stereocenters. The van der Waals surface area contributed by atoms with Crippen LogP contribution in [0.2, 0.25) is 0 Å². The Morgan fingerprint density at radius 3 is 2.33 bits per heavy atom. The van der Waals surface area contributed by atoms with Gasteiger partial charge in [-0.3, -0.25) is 4.98 Å². The molecule has 0 spiro atoms. The largest absolute Gasteiger partial charge is 0.398 e. The summed E-state index contributed by atoms with van der Waals surface area (Å²) in [6.07, 6.45) is 5.43. The Balaban J connectivity index is 2.29. The van der Waals surface area contributed by atoms with Crippen molar-refractivity contribution in [2.24, 2.45) is 5.73 Å². The Labute approximate surface area is 89.1 Å². The van der Waals surface area contributed by atoms with Crippen LogP contribution in [0.5, 0.6) is 0 Å². The lowest BCUT2D eigenvalue weighted by Crippen LogP contribution is -1.95. The quantitative estimate of drug-likeness (QED) is 0.801. The maximum Gasteiger partial charge on any atom is 0.0394 e. The van der Waals surface area contributed by atoms with E-state index >= 15 is 0 Å². The third-order valence-corrected chi connectivity index (χ3v) is 2.14. The monoisotopic (exact) mass is 196 g/mol. The van der Waals surface area contributed by atoms with Gasteiger partial charge in [0, 0.05) is 23.7 Å². The van der Waals surface area contributed by atoms with Crippen molar-refractivity contribution < 1.29 is 0 Å². The molecular weight excluding hydrogens is 184 g/mol. The second-order valence-corrected chi connectivity index (χ2v) is 3.25. The summed E-state index contributed by atoms with van der Waals surface area (Å²) < 4.78 is 0. The third kappa shape index (κ3) is 2.44. The van der Waals surface area contributed by atoms with Crippen LogP contribution in [0, 0.1) is 0 Å². The highest BCUT2D eigenvalue weighted by Gasteiger charge is 1.94. The fraction of sp³-hybridized carbons (Fsp3) is 0. The lowest BCUT2D eigenvalue weighted by molar-refractivity contribution is 1.31. The number of nitrogens with two attached hydrogens (primary N) is 1. The third-order valence-electron chi connectivity index (χ3n) is 2.14. The molecule has 0 saturated heterocycles. The number of hydrogen-bond donors (Lipinski definition) is 1. The van der Waals surface area contributed by atoms with Crippen LogP contribution in [0.3, 0.4) is 0 Å². The average Bonchev–Trinajstić information content (AvgIpc) is 2.31. The van der Waals surface area contributed by atoms with Crippen molar-refractivity contribution in [2.45, 2.75) is 0 Å². The van der Waals surface area contributed by atoms with Gasteiger partial charge in [-0.05, 0) is 23.8 Å². The molecule has 0 fully saturated rings. The molecule has 2 N–H and O–H groups in total. The molecule has 0 radical (unpaired) electrons. The second-order valence-electron chi connectivity index (χ2n) is 3.25. The lowest BCUT2D eigenvalue weighted by atomic mass is 10.1. The van der Waals surface area contributed by atoms with Crippen molar-refractivity contribution in [3.05, 3.63) is 66.0 Å². The molecule has 0 atom stereocenters. The molecule has 0 aliphatic rings. The van der Waals surface area contributed by atoms with Gasteiger partial charge in [0.15, 0.2) is 0 Å². The fourth-order valence-corrected chi connectivity index (χ4v) is 1.36. The Bertz CT molecular complexity index is 446. The first-order chi connectivity index (χ1) is 7.36. The van der Waals surface area contributed by atoms with Gasteiger partial charge in [-0.2, -0.15) is 0 Å². The molecule has 2 rings (SSSR count). The standard InChI is InChI=1S/C13H12N2/c14-13(12-6-8-15-9-7-12)10-11-4-2-1-3-5-11/h1-10H,14H2/b13-10-. The zero-order valence-electron chi connectivity index (χ0n) is 8.30. The molecule has 1 aromatic heterocycles. The maximum absolute atomic E-state index is 5.96. The minimum atomic E-state index is 0.753. The fourth-order valence-electron chi connectivity index (χ4n) is 1.36. The zero-order chi connectivity index (χ0) is 10.5.